The topological polar surface area (TPSA) is 55.1 Å². The van der Waals surface area contributed by atoms with Crippen LogP contribution in [0.4, 0.5) is 14.5 Å². The first-order valence-corrected chi connectivity index (χ1v) is 6.54. The summed E-state index contributed by atoms with van der Waals surface area (Å²) in [6.07, 6.45) is 0. The van der Waals surface area contributed by atoms with Gasteiger partial charge in [-0.05, 0) is 34.1 Å². The van der Waals surface area contributed by atoms with Crippen molar-refractivity contribution < 1.29 is 13.6 Å². The van der Waals surface area contributed by atoms with Crippen LogP contribution in [-0.4, -0.2) is 5.91 Å². The van der Waals surface area contributed by atoms with E-state index in [1.807, 2.05) is 0 Å². The second kappa shape index (κ2) is 6.00. The van der Waals surface area contributed by atoms with E-state index in [-0.39, 0.29) is 12.1 Å². The van der Waals surface area contributed by atoms with Gasteiger partial charge in [-0.3, -0.25) is 4.79 Å². The molecule has 3 N–H and O–H groups in total. The van der Waals surface area contributed by atoms with Crippen LogP contribution in [0.15, 0.2) is 40.9 Å². The van der Waals surface area contributed by atoms with Crippen LogP contribution in [0.25, 0.3) is 0 Å². The van der Waals surface area contributed by atoms with Gasteiger partial charge in [0, 0.05) is 23.9 Å². The standard InChI is InChI=1S/C14H11BrF2N2O/c15-13-10(2-1-3-12(13)18)14(20)19-7-8-4-5-9(16)6-11(8)17/h1-6H,7,18H2,(H,19,20). The minimum atomic E-state index is -0.697. The van der Waals surface area contributed by atoms with E-state index in [0.717, 1.165) is 12.1 Å². The highest BCUT2D eigenvalue weighted by Crippen LogP contribution is 2.23. The maximum absolute atomic E-state index is 13.4. The molecule has 0 aromatic heterocycles. The van der Waals surface area contributed by atoms with Crippen molar-refractivity contribution >= 4 is 27.5 Å². The van der Waals surface area contributed by atoms with Crippen LogP contribution in [-0.2, 0) is 6.54 Å². The average Bonchev–Trinajstić information content (AvgIpc) is 2.40. The average molecular weight is 341 g/mol. The molecule has 6 heteroatoms. The quantitative estimate of drug-likeness (QED) is 0.842. The molecule has 0 unspecified atom stereocenters. The van der Waals surface area contributed by atoms with E-state index >= 15 is 0 Å². The maximum atomic E-state index is 13.4. The first kappa shape index (κ1) is 14.5. The monoisotopic (exact) mass is 340 g/mol. The number of nitrogen functional groups attached to an aromatic ring is 1. The molecule has 0 saturated carbocycles. The van der Waals surface area contributed by atoms with Gasteiger partial charge in [-0.2, -0.15) is 0 Å². The smallest absolute Gasteiger partial charge is 0.252 e. The number of nitrogens with two attached hydrogens (primary N) is 1. The van der Waals surface area contributed by atoms with Crippen molar-refractivity contribution in [3.63, 3.8) is 0 Å². The van der Waals surface area contributed by atoms with Gasteiger partial charge in [-0.25, -0.2) is 8.78 Å². The van der Waals surface area contributed by atoms with Crippen LogP contribution in [0.1, 0.15) is 15.9 Å². The lowest BCUT2D eigenvalue weighted by molar-refractivity contribution is 0.0950. The lowest BCUT2D eigenvalue weighted by Gasteiger charge is -2.09. The largest absolute Gasteiger partial charge is 0.398 e. The van der Waals surface area contributed by atoms with Gasteiger partial charge < -0.3 is 11.1 Å². The van der Waals surface area contributed by atoms with Crippen molar-refractivity contribution in [1.29, 1.82) is 0 Å². The van der Waals surface area contributed by atoms with Crippen LogP contribution >= 0.6 is 15.9 Å². The summed E-state index contributed by atoms with van der Waals surface area (Å²) < 4.78 is 26.7. The number of halogens is 3. The lowest BCUT2D eigenvalue weighted by atomic mass is 10.1. The van der Waals surface area contributed by atoms with Crippen LogP contribution in [0.5, 0.6) is 0 Å². The van der Waals surface area contributed by atoms with E-state index in [1.165, 1.54) is 6.07 Å². The van der Waals surface area contributed by atoms with E-state index < -0.39 is 17.5 Å². The summed E-state index contributed by atoms with van der Waals surface area (Å²) in [5.41, 5.74) is 6.68. The number of carbonyl (C=O) groups excluding carboxylic acids is 1. The molecule has 0 fully saturated rings. The maximum Gasteiger partial charge on any atom is 0.252 e. The molecule has 0 aliphatic carbocycles. The summed E-state index contributed by atoms with van der Waals surface area (Å²) in [7, 11) is 0. The zero-order chi connectivity index (χ0) is 14.7. The Labute approximate surface area is 122 Å². The SMILES string of the molecule is Nc1cccc(C(=O)NCc2ccc(F)cc2F)c1Br. The molecule has 2 aromatic carbocycles. The highest BCUT2D eigenvalue weighted by Gasteiger charge is 2.12. The van der Waals surface area contributed by atoms with Crippen molar-refractivity contribution in [2.75, 3.05) is 5.73 Å². The summed E-state index contributed by atoms with van der Waals surface area (Å²) in [5, 5.41) is 2.56. The third-order valence-electron chi connectivity index (χ3n) is 2.73. The van der Waals surface area contributed by atoms with Gasteiger partial charge in [0.15, 0.2) is 0 Å². The predicted octanol–water partition coefficient (Wildman–Crippen LogP) is 3.24. The molecule has 2 aromatic rings. The molecule has 0 atom stereocenters. The van der Waals surface area contributed by atoms with E-state index in [0.29, 0.717) is 15.7 Å². The first-order chi connectivity index (χ1) is 9.49. The highest BCUT2D eigenvalue weighted by molar-refractivity contribution is 9.10. The number of nitrogens with one attached hydrogen (secondary N) is 1. The minimum absolute atomic E-state index is 0.0355. The van der Waals surface area contributed by atoms with Crippen molar-refractivity contribution in [2.45, 2.75) is 6.54 Å². The minimum Gasteiger partial charge on any atom is -0.398 e. The Morgan fingerprint density at radius 1 is 1.25 bits per heavy atom. The Morgan fingerprint density at radius 2 is 2.00 bits per heavy atom. The molecule has 2 rings (SSSR count). The molecule has 1 amide bonds. The number of hydrogen-bond acceptors (Lipinski definition) is 2. The molecule has 0 heterocycles. The summed E-state index contributed by atoms with van der Waals surface area (Å²) >= 11 is 3.22. The summed E-state index contributed by atoms with van der Waals surface area (Å²) in [6.45, 7) is -0.0355. The molecule has 104 valence electrons. The number of benzene rings is 2. The Hall–Kier alpha value is -1.95. The second-order valence-corrected chi connectivity index (χ2v) is 4.92. The number of hydrogen-bond donors (Lipinski definition) is 2. The summed E-state index contributed by atoms with van der Waals surface area (Å²) in [6, 6.07) is 8.10. The van der Waals surface area contributed by atoms with Gasteiger partial charge in [0.2, 0.25) is 0 Å². The zero-order valence-electron chi connectivity index (χ0n) is 10.3. The van der Waals surface area contributed by atoms with Crippen LogP contribution < -0.4 is 11.1 Å². The molecule has 0 spiro atoms. The molecule has 3 nitrogen and oxygen atoms in total. The van der Waals surface area contributed by atoms with E-state index in [4.69, 9.17) is 5.73 Å². The van der Waals surface area contributed by atoms with Gasteiger partial charge >= 0.3 is 0 Å². The summed E-state index contributed by atoms with van der Waals surface area (Å²) in [5.74, 6) is -1.75. The highest BCUT2D eigenvalue weighted by atomic mass is 79.9. The lowest BCUT2D eigenvalue weighted by Crippen LogP contribution is -2.24. The number of carbonyl (C=O) groups is 1. The molecular formula is C14H11BrF2N2O. The third-order valence-corrected chi connectivity index (χ3v) is 3.61. The van der Waals surface area contributed by atoms with Crippen LogP contribution in [0, 0.1) is 11.6 Å². The van der Waals surface area contributed by atoms with Gasteiger partial charge in [-0.15, -0.1) is 0 Å². The Kier molecular flexibility index (Phi) is 4.34. The molecule has 0 aliphatic heterocycles. The normalized spacial score (nSPS) is 10.3. The van der Waals surface area contributed by atoms with Crippen molar-refractivity contribution in [3.8, 4) is 0 Å². The fourth-order valence-corrected chi connectivity index (χ4v) is 2.11. The number of anilines is 1. The van der Waals surface area contributed by atoms with Gasteiger partial charge in [0.25, 0.3) is 5.91 Å². The number of amides is 1. The Bertz CT molecular complexity index is 662. The predicted molar refractivity (Wildman–Crippen MR) is 76.1 cm³/mol. The van der Waals surface area contributed by atoms with Crippen molar-refractivity contribution in [3.05, 3.63) is 63.6 Å². The molecule has 0 aliphatic rings. The van der Waals surface area contributed by atoms with E-state index in [2.05, 4.69) is 21.2 Å². The Morgan fingerprint density at radius 3 is 2.70 bits per heavy atom. The fourth-order valence-electron chi connectivity index (χ4n) is 1.66. The zero-order valence-corrected chi connectivity index (χ0v) is 11.9. The van der Waals surface area contributed by atoms with Gasteiger partial charge in [0.05, 0.1) is 10.0 Å². The van der Waals surface area contributed by atoms with Gasteiger partial charge in [-0.1, -0.05) is 12.1 Å². The third kappa shape index (κ3) is 3.14. The molecule has 0 bridgehead atoms. The van der Waals surface area contributed by atoms with Crippen molar-refractivity contribution in [1.82, 2.24) is 5.32 Å². The first-order valence-electron chi connectivity index (χ1n) is 5.75. The van der Waals surface area contributed by atoms with E-state index in [9.17, 15) is 13.6 Å². The van der Waals surface area contributed by atoms with Crippen molar-refractivity contribution in [2.24, 2.45) is 0 Å². The van der Waals surface area contributed by atoms with Gasteiger partial charge in [0.1, 0.15) is 11.6 Å². The summed E-state index contributed by atoms with van der Waals surface area (Å²) in [4.78, 5) is 12.0. The molecule has 20 heavy (non-hydrogen) atoms. The molecular weight excluding hydrogens is 330 g/mol. The molecule has 0 saturated heterocycles. The molecule has 0 radical (unpaired) electrons. The number of rotatable bonds is 3. The fraction of sp³-hybridized carbons (Fsp3) is 0.0714. The second-order valence-electron chi connectivity index (χ2n) is 4.13. The Balaban J connectivity index is 2.11. The van der Waals surface area contributed by atoms with Crippen LogP contribution in [0.2, 0.25) is 0 Å². The van der Waals surface area contributed by atoms with E-state index in [1.54, 1.807) is 18.2 Å². The van der Waals surface area contributed by atoms with Crippen LogP contribution in [0.3, 0.4) is 0 Å².